The van der Waals surface area contributed by atoms with Crippen LogP contribution in [0.3, 0.4) is 0 Å². The molecule has 112 valence electrons. The molecule has 0 unspecified atom stereocenters. The molecular formula is C17H28N2O. The number of hydrogen-bond acceptors (Lipinski definition) is 3. The largest absolute Gasteiger partial charge is 0.493 e. The normalized spacial score (nSPS) is 17.4. The third-order valence-corrected chi connectivity index (χ3v) is 4.38. The highest BCUT2D eigenvalue weighted by atomic mass is 16.5. The van der Waals surface area contributed by atoms with E-state index in [1.807, 2.05) is 6.92 Å². The van der Waals surface area contributed by atoms with E-state index in [1.165, 1.54) is 32.1 Å². The summed E-state index contributed by atoms with van der Waals surface area (Å²) in [5.41, 5.74) is 2.57. The highest BCUT2D eigenvalue weighted by Gasteiger charge is 2.34. The summed E-state index contributed by atoms with van der Waals surface area (Å²) in [5, 5.41) is 3.63. The number of methoxy groups -OCH3 is 1. The summed E-state index contributed by atoms with van der Waals surface area (Å²) in [6, 6.07) is 2.08. The fourth-order valence-electron chi connectivity index (χ4n) is 3.57. The van der Waals surface area contributed by atoms with Crippen molar-refractivity contribution in [3.05, 3.63) is 18.0 Å². The van der Waals surface area contributed by atoms with Gasteiger partial charge < -0.3 is 10.1 Å². The second-order valence-corrected chi connectivity index (χ2v) is 6.68. The van der Waals surface area contributed by atoms with Crippen molar-refractivity contribution in [3.8, 4) is 5.75 Å². The number of aromatic nitrogens is 1. The molecule has 0 aromatic carbocycles. The van der Waals surface area contributed by atoms with Gasteiger partial charge in [-0.2, -0.15) is 0 Å². The Morgan fingerprint density at radius 3 is 2.65 bits per heavy atom. The Balaban J connectivity index is 2.07. The molecule has 0 radical (unpaired) electrons. The number of rotatable bonds is 6. The van der Waals surface area contributed by atoms with Crippen molar-refractivity contribution >= 4 is 5.69 Å². The van der Waals surface area contributed by atoms with Crippen molar-refractivity contribution < 1.29 is 4.74 Å². The Bertz CT molecular complexity index is 437. The van der Waals surface area contributed by atoms with Gasteiger partial charge in [-0.1, -0.05) is 26.7 Å². The van der Waals surface area contributed by atoms with Crippen molar-refractivity contribution in [3.63, 3.8) is 0 Å². The summed E-state index contributed by atoms with van der Waals surface area (Å²) >= 11 is 0. The van der Waals surface area contributed by atoms with Gasteiger partial charge in [0.1, 0.15) is 0 Å². The molecule has 1 fully saturated rings. The first-order valence-electron chi connectivity index (χ1n) is 7.79. The Hall–Kier alpha value is -1.25. The van der Waals surface area contributed by atoms with E-state index in [0.29, 0.717) is 5.41 Å². The number of nitrogens with one attached hydrogen (secondary N) is 1. The average molecular weight is 276 g/mol. The van der Waals surface area contributed by atoms with E-state index in [-0.39, 0.29) is 0 Å². The number of aryl methyl sites for hydroxylation is 1. The van der Waals surface area contributed by atoms with Crippen LogP contribution in [0.4, 0.5) is 5.69 Å². The molecular weight excluding hydrogens is 248 g/mol. The predicted molar refractivity (Wildman–Crippen MR) is 84.4 cm³/mol. The van der Waals surface area contributed by atoms with Crippen molar-refractivity contribution in [1.29, 1.82) is 0 Å². The lowest BCUT2D eigenvalue weighted by molar-refractivity contribution is 0.252. The van der Waals surface area contributed by atoms with Crippen LogP contribution in [0.5, 0.6) is 5.75 Å². The fourth-order valence-corrected chi connectivity index (χ4v) is 3.57. The minimum absolute atomic E-state index is 0.469. The summed E-state index contributed by atoms with van der Waals surface area (Å²) in [6.45, 7) is 7.73. The molecule has 3 heteroatoms. The zero-order valence-corrected chi connectivity index (χ0v) is 13.3. The van der Waals surface area contributed by atoms with Crippen molar-refractivity contribution in [2.75, 3.05) is 19.0 Å². The van der Waals surface area contributed by atoms with Gasteiger partial charge in [-0.15, -0.1) is 0 Å². The number of nitrogens with zero attached hydrogens (tertiary/aromatic N) is 1. The number of ether oxygens (including phenoxy) is 1. The molecule has 0 spiro atoms. The third-order valence-electron chi connectivity index (χ3n) is 4.38. The summed E-state index contributed by atoms with van der Waals surface area (Å²) < 4.78 is 5.40. The molecule has 0 saturated heterocycles. The lowest BCUT2D eigenvalue weighted by Gasteiger charge is -2.32. The molecule has 1 saturated carbocycles. The Morgan fingerprint density at radius 1 is 1.35 bits per heavy atom. The predicted octanol–water partition coefficient (Wildman–Crippen LogP) is 4.42. The highest BCUT2D eigenvalue weighted by Crippen LogP contribution is 2.43. The van der Waals surface area contributed by atoms with Gasteiger partial charge in [0, 0.05) is 12.2 Å². The Labute approximate surface area is 123 Å². The van der Waals surface area contributed by atoms with E-state index in [1.54, 1.807) is 13.3 Å². The van der Waals surface area contributed by atoms with Crippen LogP contribution in [0.25, 0.3) is 0 Å². The molecule has 0 aliphatic heterocycles. The van der Waals surface area contributed by atoms with Crippen LogP contribution < -0.4 is 10.1 Å². The topological polar surface area (TPSA) is 34.1 Å². The third kappa shape index (κ3) is 3.65. The van der Waals surface area contributed by atoms with Crippen LogP contribution in [0.1, 0.15) is 51.6 Å². The van der Waals surface area contributed by atoms with Gasteiger partial charge in [-0.25, -0.2) is 0 Å². The summed E-state index contributed by atoms with van der Waals surface area (Å²) in [5.74, 6) is 1.60. The van der Waals surface area contributed by atoms with Gasteiger partial charge in [0.05, 0.1) is 19.0 Å². The number of pyridine rings is 1. The molecule has 1 aliphatic rings. The van der Waals surface area contributed by atoms with Crippen LogP contribution in [0.2, 0.25) is 0 Å². The molecule has 1 aromatic heterocycles. The standard InChI is InChI=1S/C17H28N2O/c1-13(2)10-17(7-5-6-8-17)12-19-15-9-14(3)18-11-16(15)20-4/h9,11,13H,5-8,10,12H2,1-4H3,(H,18,19). The zero-order valence-electron chi connectivity index (χ0n) is 13.3. The van der Waals surface area contributed by atoms with Crippen molar-refractivity contribution in [2.24, 2.45) is 11.3 Å². The SMILES string of the molecule is COc1cnc(C)cc1NCC1(CC(C)C)CCCC1. The molecule has 0 atom stereocenters. The maximum Gasteiger partial charge on any atom is 0.160 e. The fraction of sp³-hybridized carbons (Fsp3) is 0.706. The molecule has 1 N–H and O–H groups in total. The van der Waals surface area contributed by atoms with Crippen LogP contribution in [-0.4, -0.2) is 18.6 Å². The van der Waals surface area contributed by atoms with Gasteiger partial charge in [-0.05, 0) is 43.6 Å². The van der Waals surface area contributed by atoms with Crippen LogP contribution in [-0.2, 0) is 0 Å². The van der Waals surface area contributed by atoms with Crippen LogP contribution in [0.15, 0.2) is 12.3 Å². The zero-order chi connectivity index (χ0) is 14.6. The first-order valence-corrected chi connectivity index (χ1v) is 7.79. The van der Waals surface area contributed by atoms with E-state index in [4.69, 9.17) is 4.74 Å². The smallest absolute Gasteiger partial charge is 0.160 e. The molecule has 3 nitrogen and oxygen atoms in total. The minimum Gasteiger partial charge on any atom is -0.493 e. The maximum atomic E-state index is 5.40. The Kier molecular flexibility index (Phi) is 4.90. The minimum atomic E-state index is 0.469. The van der Waals surface area contributed by atoms with Crippen molar-refractivity contribution in [1.82, 2.24) is 4.98 Å². The Morgan fingerprint density at radius 2 is 2.05 bits per heavy atom. The molecule has 2 rings (SSSR count). The number of anilines is 1. The molecule has 20 heavy (non-hydrogen) atoms. The van der Waals surface area contributed by atoms with Crippen LogP contribution >= 0.6 is 0 Å². The quantitative estimate of drug-likeness (QED) is 0.835. The highest BCUT2D eigenvalue weighted by molar-refractivity contribution is 5.56. The van der Waals surface area contributed by atoms with Gasteiger partial charge >= 0.3 is 0 Å². The summed E-state index contributed by atoms with van der Waals surface area (Å²) in [4.78, 5) is 4.29. The maximum absolute atomic E-state index is 5.40. The van der Waals surface area contributed by atoms with Gasteiger partial charge in [0.15, 0.2) is 5.75 Å². The summed E-state index contributed by atoms with van der Waals surface area (Å²) in [7, 11) is 1.71. The second-order valence-electron chi connectivity index (χ2n) is 6.68. The van der Waals surface area contributed by atoms with E-state index in [2.05, 4.69) is 30.2 Å². The van der Waals surface area contributed by atoms with Gasteiger partial charge in [0.25, 0.3) is 0 Å². The van der Waals surface area contributed by atoms with Gasteiger partial charge in [-0.3, -0.25) is 4.98 Å². The average Bonchev–Trinajstić information content (AvgIpc) is 2.84. The summed E-state index contributed by atoms with van der Waals surface area (Å²) in [6.07, 6.45) is 8.57. The first-order chi connectivity index (χ1) is 9.54. The van der Waals surface area contributed by atoms with Crippen molar-refractivity contribution in [2.45, 2.75) is 52.9 Å². The molecule has 1 aliphatic carbocycles. The monoisotopic (exact) mass is 276 g/mol. The van der Waals surface area contributed by atoms with Gasteiger partial charge in [0.2, 0.25) is 0 Å². The molecule has 0 bridgehead atoms. The van der Waals surface area contributed by atoms with E-state index >= 15 is 0 Å². The second kappa shape index (κ2) is 6.47. The molecule has 1 heterocycles. The molecule has 1 aromatic rings. The first kappa shape index (κ1) is 15.1. The molecule has 0 amide bonds. The van der Waals surface area contributed by atoms with E-state index in [9.17, 15) is 0 Å². The van der Waals surface area contributed by atoms with E-state index < -0.39 is 0 Å². The van der Waals surface area contributed by atoms with Crippen LogP contribution in [0, 0.1) is 18.3 Å². The lowest BCUT2D eigenvalue weighted by Crippen LogP contribution is -2.28. The lowest BCUT2D eigenvalue weighted by atomic mass is 9.78. The van der Waals surface area contributed by atoms with E-state index in [0.717, 1.165) is 29.6 Å². The number of hydrogen-bond donors (Lipinski definition) is 1.